The summed E-state index contributed by atoms with van der Waals surface area (Å²) in [4.78, 5) is 22.4. The number of hydrogen-bond donors (Lipinski definition) is 1. The lowest BCUT2D eigenvalue weighted by molar-refractivity contribution is 0.102. The number of rotatable bonds is 2. The van der Waals surface area contributed by atoms with Crippen LogP contribution < -0.4 is 5.32 Å². The van der Waals surface area contributed by atoms with Crippen molar-refractivity contribution in [3.63, 3.8) is 0 Å². The van der Waals surface area contributed by atoms with E-state index in [1.54, 1.807) is 28.0 Å². The molecule has 1 aliphatic carbocycles. The second-order valence-corrected chi connectivity index (χ2v) is 6.32. The van der Waals surface area contributed by atoms with Gasteiger partial charge >= 0.3 is 0 Å². The molecule has 4 rings (SSSR count). The predicted octanol–water partition coefficient (Wildman–Crippen LogP) is 3.19. The molecule has 0 unspecified atom stereocenters. The summed E-state index contributed by atoms with van der Waals surface area (Å²) in [7, 11) is 0. The maximum absolute atomic E-state index is 12.4. The van der Waals surface area contributed by atoms with Gasteiger partial charge < -0.3 is 0 Å². The normalized spacial score (nSPS) is 13.6. The highest BCUT2D eigenvalue weighted by molar-refractivity contribution is 7.16. The molecule has 0 aliphatic heterocycles. The van der Waals surface area contributed by atoms with Gasteiger partial charge in [-0.05, 0) is 31.4 Å². The second-order valence-electron chi connectivity index (χ2n) is 4.88. The third-order valence-corrected chi connectivity index (χ3v) is 4.85. The molecule has 106 valence electrons. The highest BCUT2D eigenvalue weighted by Gasteiger charge is 2.21. The number of pyridine rings is 1. The minimum Gasteiger partial charge on any atom is -0.296 e. The summed E-state index contributed by atoms with van der Waals surface area (Å²) in [6.45, 7) is 0. The molecule has 21 heavy (non-hydrogen) atoms. The summed E-state index contributed by atoms with van der Waals surface area (Å²) >= 11 is 7.64. The molecule has 1 amide bonds. The molecule has 3 heterocycles. The first-order valence-corrected chi connectivity index (χ1v) is 7.84. The molecular formula is C14H11ClN4OS. The van der Waals surface area contributed by atoms with E-state index in [0.29, 0.717) is 16.5 Å². The fourth-order valence-electron chi connectivity index (χ4n) is 2.57. The van der Waals surface area contributed by atoms with E-state index in [0.717, 1.165) is 25.0 Å². The first-order chi connectivity index (χ1) is 10.2. The van der Waals surface area contributed by atoms with E-state index in [2.05, 4.69) is 15.3 Å². The van der Waals surface area contributed by atoms with Crippen LogP contribution in [-0.4, -0.2) is 20.3 Å². The molecule has 0 bridgehead atoms. The largest absolute Gasteiger partial charge is 0.296 e. The number of nitrogens with zero attached hydrogens (tertiary/aromatic N) is 3. The number of aromatic nitrogens is 3. The summed E-state index contributed by atoms with van der Waals surface area (Å²) in [5.74, 6) is -0.286. The fourth-order valence-corrected chi connectivity index (χ4v) is 3.88. The van der Waals surface area contributed by atoms with Crippen molar-refractivity contribution >= 4 is 39.6 Å². The lowest BCUT2D eigenvalue weighted by Crippen LogP contribution is -2.14. The third-order valence-electron chi connectivity index (χ3n) is 3.52. The summed E-state index contributed by atoms with van der Waals surface area (Å²) < 4.78 is 1.68. The first kappa shape index (κ1) is 12.8. The van der Waals surface area contributed by atoms with Gasteiger partial charge in [0, 0.05) is 11.1 Å². The van der Waals surface area contributed by atoms with Crippen LogP contribution in [0, 0.1) is 0 Å². The number of nitrogens with one attached hydrogen (secondary N) is 1. The van der Waals surface area contributed by atoms with Gasteiger partial charge in [0.25, 0.3) is 5.91 Å². The first-order valence-electron chi connectivity index (χ1n) is 6.65. The SMILES string of the molecule is O=C(Nc1nc2c(s1)CCC2)c1c(Cl)nc2ccccn12. The molecule has 3 aromatic rings. The monoisotopic (exact) mass is 318 g/mol. The summed E-state index contributed by atoms with van der Waals surface area (Å²) in [5.41, 5.74) is 2.09. The minimum atomic E-state index is -0.286. The molecule has 0 aromatic carbocycles. The molecule has 3 aromatic heterocycles. The minimum absolute atomic E-state index is 0.197. The van der Waals surface area contributed by atoms with Gasteiger partial charge in [0.05, 0.1) is 5.69 Å². The standard InChI is InChI=1S/C14H11ClN4OS/c15-12-11(19-7-2-1-6-10(19)17-12)13(20)18-14-16-8-4-3-5-9(8)21-14/h1-2,6-7H,3-5H2,(H,16,18,20). The maximum Gasteiger partial charge on any atom is 0.277 e. The van der Waals surface area contributed by atoms with Crippen molar-refractivity contribution in [2.24, 2.45) is 0 Å². The number of carbonyl (C=O) groups is 1. The number of carbonyl (C=O) groups excluding carboxylic acids is 1. The van der Waals surface area contributed by atoms with E-state index < -0.39 is 0 Å². The number of fused-ring (bicyclic) bond motifs is 2. The van der Waals surface area contributed by atoms with Crippen LogP contribution in [0.4, 0.5) is 5.13 Å². The molecule has 0 saturated carbocycles. The van der Waals surface area contributed by atoms with Crippen molar-refractivity contribution in [1.82, 2.24) is 14.4 Å². The number of anilines is 1. The maximum atomic E-state index is 12.4. The zero-order chi connectivity index (χ0) is 14.4. The number of amides is 1. The molecule has 0 atom stereocenters. The Morgan fingerprint density at radius 2 is 2.24 bits per heavy atom. The van der Waals surface area contributed by atoms with Gasteiger partial charge in [0.15, 0.2) is 16.0 Å². The smallest absolute Gasteiger partial charge is 0.277 e. The van der Waals surface area contributed by atoms with Crippen LogP contribution in [0.25, 0.3) is 5.65 Å². The Morgan fingerprint density at radius 3 is 3.10 bits per heavy atom. The van der Waals surface area contributed by atoms with Gasteiger partial charge in [0.2, 0.25) is 0 Å². The predicted molar refractivity (Wildman–Crippen MR) is 82.3 cm³/mol. The van der Waals surface area contributed by atoms with E-state index >= 15 is 0 Å². The van der Waals surface area contributed by atoms with Crippen LogP contribution in [0.2, 0.25) is 5.15 Å². The van der Waals surface area contributed by atoms with Gasteiger partial charge in [-0.1, -0.05) is 17.7 Å². The van der Waals surface area contributed by atoms with E-state index in [-0.39, 0.29) is 11.1 Å². The average molecular weight is 319 g/mol. The molecule has 7 heteroatoms. The summed E-state index contributed by atoms with van der Waals surface area (Å²) in [6.07, 6.45) is 4.98. The third kappa shape index (κ3) is 2.11. The Bertz CT molecular complexity index is 832. The highest BCUT2D eigenvalue weighted by Crippen LogP contribution is 2.31. The van der Waals surface area contributed by atoms with Gasteiger partial charge in [-0.15, -0.1) is 11.3 Å². The van der Waals surface area contributed by atoms with E-state index in [9.17, 15) is 4.79 Å². The van der Waals surface area contributed by atoms with Crippen LogP contribution in [0.15, 0.2) is 24.4 Å². The molecule has 5 nitrogen and oxygen atoms in total. The second kappa shape index (κ2) is 4.82. The van der Waals surface area contributed by atoms with E-state index in [4.69, 9.17) is 11.6 Å². The van der Waals surface area contributed by atoms with Crippen molar-refractivity contribution < 1.29 is 4.79 Å². The van der Waals surface area contributed by atoms with Gasteiger partial charge in [0.1, 0.15) is 5.65 Å². The molecule has 0 spiro atoms. The van der Waals surface area contributed by atoms with E-state index in [1.807, 2.05) is 12.1 Å². The lowest BCUT2D eigenvalue weighted by Gasteiger charge is -2.02. The Kier molecular flexibility index (Phi) is 2.94. The molecule has 0 fully saturated rings. The Labute approximate surface area is 129 Å². The van der Waals surface area contributed by atoms with Crippen molar-refractivity contribution in [1.29, 1.82) is 0 Å². The lowest BCUT2D eigenvalue weighted by atomic mass is 10.4. The number of hydrogen-bond acceptors (Lipinski definition) is 4. The number of halogens is 1. The van der Waals surface area contributed by atoms with Crippen molar-refractivity contribution in [2.75, 3.05) is 5.32 Å². The molecular weight excluding hydrogens is 308 g/mol. The Morgan fingerprint density at radius 1 is 1.33 bits per heavy atom. The Hall–Kier alpha value is -1.92. The van der Waals surface area contributed by atoms with Crippen LogP contribution in [-0.2, 0) is 12.8 Å². The van der Waals surface area contributed by atoms with Gasteiger partial charge in [-0.3, -0.25) is 14.5 Å². The Balaban J connectivity index is 1.68. The van der Waals surface area contributed by atoms with Crippen LogP contribution in [0.1, 0.15) is 27.5 Å². The van der Waals surface area contributed by atoms with Gasteiger partial charge in [-0.25, -0.2) is 9.97 Å². The summed E-state index contributed by atoms with van der Waals surface area (Å²) in [5, 5.41) is 3.66. The summed E-state index contributed by atoms with van der Waals surface area (Å²) in [6, 6.07) is 5.49. The molecule has 0 radical (unpaired) electrons. The molecule has 0 saturated heterocycles. The fraction of sp³-hybridized carbons (Fsp3) is 0.214. The van der Waals surface area contributed by atoms with E-state index in [1.165, 1.54) is 4.88 Å². The quantitative estimate of drug-likeness (QED) is 0.789. The van der Waals surface area contributed by atoms with Crippen LogP contribution >= 0.6 is 22.9 Å². The van der Waals surface area contributed by atoms with Gasteiger partial charge in [-0.2, -0.15) is 0 Å². The zero-order valence-electron chi connectivity index (χ0n) is 11.0. The zero-order valence-corrected chi connectivity index (χ0v) is 12.5. The van der Waals surface area contributed by atoms with Crippen LogP contribution in [0.3, 0.4) is 0 Å². The molecule has 1 N–H and O–H groups in total. The van der Waals surface area contributed by atoms with Crippen molar-refractivity contribution in [2.45, 2.75) is 19.3 Å². The molecule has 1 aliphatic rings. The van der Waals surface area contributed by atoms with Crippen molar-refractivity contribution in [3.05, 3.63) is 45.8 Å². The average Bonchev–Trinajstić information content (AvgIpc) is 3.09. The highest BCUT2D eigenvalue weighted by atomic mass is 35.5. The van der Waals surface area contributed by atoms with Crippen molar-refractivity contribution in [3.8, 4) is 0 Å². The number of thiazole rings is 1. The number of imidazole rings is 1. The number of aryl methyl sites for hydroxylation is 2. The van der Waals surface area contributed by atoms with Crippen LogP contribution in [0.5, 0.6) is 0 Å². The topological polar surface area (TPSA) is 59.3 Å².